The van der Waals surface area contributed by atoms with Crippen molar-refractivity contribution in [3.63, 3.8) is 0 Å². The summed E-state index contributed by atoms with van der Waals surface area (Å²) in [5.41, 5.74) is 3.06. The molecule has 4 heteroatoms. The van der Waals surface area contributed by atoms with Gasteiger partial charge in [0.25, 0.3) is 5.91 Å². The summed E-state index contributed by atoms with van der Waals surface area (Å²) in [6, 6.07) is 15.4. The van der Waals surface area contributed by atoms with Crippen LogP contribution in [0.2, 0.25) is 0 Å². The second-order valence-corrected chi connectivity index (χ2v) is 8.11. The number of carbonyl (C=O) groups excluding carboxylic acids is 2. The maximum absolute atomic E-state index is 13.1. The Hall–Kier alpha value is -2.46. The van der Waals surface area contributed by atoms with Gasteiger partial charge in [0.1, 0.15) is 0 Å². The molecule has 0 unspecified atom stereocenters. The molecule has 0 radical (unpaired) electrons. The topological polar surface area (TPSA) is 46.6 Å². The highest BCUT2D eigenvalue weighted by Crippen LogP contribution is 2.28. The number of nitrogens with zero attached hydrogens (tertiary/aromatic N) is 1. The fourth-order valence-corrected chi connectivity index (χ4v) is 3.81. The Kier molecular flexibility index (Phi) is 5.99. The first-order chi connectivity index (χ1) is 13.3. The lowest BCUT2D eigenvalue weighted by Crippen LogP contribution is -2.46. The molecule has 0 spiro atoms. The number of ether oxygens (including phenoxy) is 1. The Morgan fingerprint density at radius 2 is 1.68 bits per heavy atom. The number of hydrogen-bond donors (Lipinski definition) is 0. The summed E-state index contributed by atoms with van der Waals surface area (Å²) in [4.78, 5) is 27.0. The molecule has 4 nitrogen and oxygen atoms in total. The van der Waals surface area contributed by atoms with Crippen LogP contribution < -0.4 is 0 Å². The van der Waals surface area contributed by atoms with Crippen LogP contribution in [0, 0.1) is 0 Å². The predicted molar refractivity (Wildman–Crippen MR) is 112 cm³/mol. The average Bonchev–Trinajstić information content (AvgIpc) is 2.71. The standard InChI is InChI=1S/C24H29NO3/c1-5-22(26)19-10-6-8-17(14-19)18-9-7-11-20(15-18)23(27)25(4)21-12-13-28-24(2,3)16-21/h6-11,14-15,21H,5,12-13,16H2,1-4H3/t21-/m1/s1. The highest BCUT2D eigenvalue weighted by Gasteiger charge is 2.33. The van der Waals surface area contributed by atoms with Gasteiger partial charge in [-0.2, -0.15) is 0 Å². The minimum absolute atomic E-state index is 0.0188. The average molecular weight is 380 g/mol. The number of ketones is 1. The molecular weight excluding hydrogens is 350 g/mol. The molecule has 0 bridgehead atoms. The van der Waals surface area contributed by atoms with Crippen molar-refractivity contribution in [2.45, 2.75) is 51.7 Å². The lowest BCUT2D eigenvalue weighted by molar-refractivity contribution is -0.0756. The van der Waals surface area contributed by atoms with Crippen LogP contribution in [0.1, 0.15) is 60.7 Å². The van der Waals surface area contributed by atoms with Crippen molar-refractivity contribution in [2.75, 3.05) is 13.7 Å². The summed E-state index contributed by atoms with van der Waals surface area (Å²) in [5.74, 6) is 0.140. The SMILES string of the molecule is CCC(=O)c1cccc(-c2cccc(C(=O)N(C)[C@@H]3CCOC(C)(C)C3)c2)c1. The third kappa shape index (κ3) is 4.50. The Bertz CT molecular complexity index is 872. The Morgan fingerprint density at radius 1 is 1.07 bits per heavy atom. The molecule has 2 aromatic carbocycles. The van der Waals surface area contributed by atoms with Crippen LogP contribution in [0.15, 0.2) is 48.5 Å². The first kappa shape index (κ1) is 20.3. The summed E-state index contributed by atoms with van der Waals surface area (Å²) in [7, 11) is 1.88. The van der Waals surface area contributed by atoms with E-state index in [0.29, 0.717) is 24.2 Å². The lowest BCUT2D eigenvalue weighted by atomic mass is 9.92. The zero-order valence-electron chi connectivity index (χ0n) is 17.2. The van der Waals surface area contributed by atoms with E-state index in [9.17, 15) is 9.59 Å². The van der Waals surface area contributed by atoms with Gasteiger partial charge >= 0.3 is 0 Å². The molecule has 1 atom stereocenters. The van der Waals surface area contributed by atoms with Gasteiger partial charge in [-0.3, -0.25) is 9.59 Å². The van der Waals surface area contributed by atoms with E-state index in [0.717, 1.165) is 24.0 Å². The summed E-state index contributed by atoms with van der Waals surface area (Å²) >= 11 is 0. The molecule has 1 heterocycles. The molecule has 1 saturated heterocycles. The Balaban J connectivity index is 1.83. The second kappa shape index (κ2) is 8.27. The monoisotopic (exact) mass is 379 g/mol. The summed E-state index contributed by atoms with van der Waals surface area (Å²) in [6.07, 6.45) is 2.16. The molecule has 28 heavy (non-hydrogen) atoms. The highest BCUT2D eigenvalue weighted by atomic mass is 16.5. The van der Waals surface area contributed by atoms with Crippen molar-refractivity contribution < 1.29 is 14.3 Å². The van der Waals surface area contributed by atoms with Gasteiger partial charge in [-0.05, 0) is 56.0 Å². The molecule has 0 aliphatic carbocycles. The van der Waals surface area contributed by atoms with Gasteiger partial charge in [-0.15, -0.1) is 0 Å². The Labute approximate surface area is 167 Å². The summed E-state index contributed by atoms with van der Waals surface area (Å²) in [5, 5.41) is 0. The van der Waals surface area contributed by atoms with E-state index >= 15 is 0 Å². The van der Waals surface area contributed by atoms with E-state index in [1.807, 2.05) is 67.4 Å². The van der Waals surface area contributed by atoms with Crippen LogP contribution in [-0.4, -0.2) is 41.9 Å². The molecule has 2 aromatic rings. The third-order valence-corrected chi connectivity index (χ3v) is 5.49. The van der Waals surface area contributed by atoms with Gasteiger partial charge in [0.2, 0.25) is 0 Å². The zero-order valence-corrected chi connectivity index (χ0v) is 17.2. The molecule has 0 aromatic heterocycles. The third-order valence-electron chi connectivity index (χ3n) is 5.49. The fourth-order valence-electron chi connectivity index (χ4n) is 3.81. The number of Topliss-reactive ketones (excluding diaryl/α,β-unsaturated/α-hetero) is 1. The van der Waals surface area contributed by atoms with Crippen LogP contribution in [0.3, 0.4) is 0 Å². The first-order valence-electron chi connectivity index (χ1n) is 9.95. The molecule has 3 rings (SSSR count). The van der Waals surface area contributed by atoms with Crippen LogP contribution >= 0.6 is 0 Å². The van der Waals surface area contributed by atoms with Crippen LogP contribution in [0.4, 0.5) is 0 Å². The zero-order chi connectivity index (χ0) is 20.3. The molecule has 1 amide bonds. The van der Waals surface area contributed by atoms with Crippen LogP contribution in [-0.2, 0) is 4.74 Å². The minimum atomic E-state index is -0.203. The van der Waals surface area contributed by atoms with Crippen molar-refractivity contribution in [1.29, 1.82) is 0 Å². The molecular formula is C24H29NO3. The molecule has 0 N–H and O–H groups in total. The van der Waals surface area contributed by atoms with Gasteiger partial charge in [-0.25, -0.2) is 0 Å². The lowest BCUT2D eigenvalue weighted by Gasteiger charge is -2.39. The molecule has 1 fully saturated rings. The second-order valence-electron chi connectivity index (χ2n) is 8.11. The van der Waals surface area contributed by atoms with E-state index in [1.54, 1.807) is 0 Å². The predicted octanol–water partition coefficient (Wildman–Crippen LogP) is 4.98. The smallest absolute Gasteiger partial charge is 0.253 e. The molecule has 1 aliphatic heterocycles. The molecule has 148 valence electrons. The maximum Gasteiger partial charge on any atom is 0.253 e. The van der Waals surface area contributed by atoms with E-state index in [1.165, 1.54) is 0 Å². The highest BCUT2D eigenvalue weighted by molar-refractivity contribution is 5.98. The Morgan fingerprint density at radius 3 is 2.29 bits per heavy atom. The maximum atomic E-state index is 13.1. The van der Waals surface area contributed by atoms with Crippen molar-refractivity contribution in [2.24, 2.45) is 0 Å². The van der Waals surface area contributed by atoms with Crippen LogP contribution in [0.25, 0.3) is 11.1 Å². The van der Waals surface area contributed by atoms with Crippen molar-refractivity contribution >= 4 is 11.7 Å². The fraction of sp³-hybridized carbons (Fsp3) is 0.417. The van der Waals surface area contributed by atoms with E-state index in [2.05, 4.69) is 13.8 Å². The van der Waals surface area contributed by atoms with Gasteiger partial charge in [0.15, 0.2) is 5.78 Å². The van der Waals surface area contributed by atoms with Crippen molar-refractivity contribution in [3.8, 4) is 11.1 Å². The number of rotatable bonds is 5. The van der Waals surface area contributed by atoms with Crippen molar-refractivity contribution in [1.82, 2.24) is 4.90 Å². The first-order valence-corrected chi connectivity index (χ1v) is 9.95. The van der Waals surface area contributed by atoms with Crippen LogP contribution in [0.5, 0.6) is 0 Å². The molecule has 0 saturated carbocycles. The molecule has 1 aliphatic rings. The largest absolute Gasteiger partial charge is 0.375 e. The van der Waals surface area contributed by atoms with Crippen molar-refractivity contribution in [3.05, 3.63) is 59.7 Å². The van der Waals surface area contributed by atoms with Gasteiger partial charge in [-0.1, -0.05) is 37.3 Å². The number of hydrogen-bond acceptors (Lipinski definition) is 3. The normalized spacial score (nSPS) is 18.5. The van der Waals surface area contributed by atoms with E-state index in [-0.39, 0.29) is 23.3 Å². The van der Waals surface area contributed by atoms with Gasteiger partial charge in [0.05, 0.1) is 5.60 Å². The van der Waals surface area contributed by atoms with Gasteiger partial charge in [0, 0.05) is 37.2 Å². The summed E-state index contributed by atoms with van der Waals surface area (Å²) < 4.78 is 5.78. The van der Waals surface area contributed by atoms with Gasteiger partial charge < -0.3 is 9.64 Å². The number of amides is 1. The quantitative estimate of drug-likeness (QED) is 0.689. The summed E-state index contributed by atoms with van der Waals surface area (Å²) in [6.45, 7) is 6.68. The van der Waals surface area contributed by atoms with E-state index < -0.39 is 0 Å². The number of benzene rings is 2. The van der Waals surface area contributed by atoms with E-state index in [4.69, 9.17) is 4.74 Å². The number of carbonyl (C=O) groups is 2. The minimum Gasteiger partial charge on any atom is -0.375 e.